The molecule has 0 amide bonds. The summed E-state index contributed by atoms with van der Waals surface area (Å²) in [4.78, 5) is 4.43. The first-order valence-electron chi connectivity index (χ1n) is 8.88. The van der Waals surface area contributed by atoms with Gasteiger partial charge in [-0.25, -0.2) is 0 Å². The minimum Gasteiger partial charge on any atom is -0.493 e. The van der Waals surface area contributed by atoms with Crippen molar-refractivity contribution in [3.8, 4) is 45.8 Å². The average Bonchev–Trinajstić information content (AvgIpc) is 3.22. The number of benzene rings is 2. The second-order valence-electron chi connectivity index (χ2n) is 6.29. The zero-order chi connectivity index (χ0) is 20.4. The van der Waals surface area contributed by atoms with Gasteiger partial charge >= 0.3 is 0 Å². The summed E-state index contributed by atoms with van der Waals surface area (Å²) in [5, 5.41) is 9.20. The van der Waals surface area contributed by atoms with Gasteiger partial charge in [-0.3, -0.25) is 4.98 Å². The van der Waals surface area contributed by atoms with E-state index in [0.717, 1.165) is 16.7 Å². The summed E-state index contributed by atoms with van der Waals surface area (Å²) >= 11 is 0. The topological polar surface area (TPSA) is 77.5 Å². The van der Waals surface area contributed by atoms with E-state index in [4.69, 9.17) is 18.6 Å². The first kappa shape index (κ1) is 18.4. The van der Waals surface area contributed by atoms with Gasteiger partial charge in [0.1, 0.15) is 11.3 Å². The van der Waals surface area contributed by atoms with Crippen molar-refractivity contribution in [3.05, 3.63) is 60.3 Å². The smallest absolute Gasteiger partial charge is 0.203 e. The summed E-state index contributed by atoms with van der Waals surface area (Å²) in [7, 11) is 4.70. The van der Waals surface area contributed by atoms with Crippen molar-refractivity contribution < 1.29 is 18.6 Å². The van der Waals surface area contributed by atoms with Crippen LogP contribution in [0.5, 0.6) is 17.2 Å². The van der Waals surface area contributed by atoms with E-state index in [1.54, 1.807) is 33.6 Å². The molecule has 6 nitrogen and oxygen atoms in total. The molecular weight excluding hydrogens is 368 g/mol. The number of aromatic nitrogens is 1. The molecule has 2 heterocycles. The molecule has 0 spiro atoms. The quantitative estimate of drug-likeness (QED) is 0.477. The van der Waals surface area contributed by atoms with Gasteiger partial charge in [-0.05, 0) is 35.9 Å². The molecule has 0 fully saturated rings. The van der Waals surface area contributed by atoms with E-state index in [1.807, 2.05) is 42.5 Å². The molecule has 2 aromatic heterocycles. The zero-order valence-electron chi connectivity index (χ0n) is 16.2. The lowest BCUT2D eigenvalue weighted by molar-refractivity contribution is 0.324. The lowest BCUT2D eigenvalue weighted by Crippen LogP contribution is -1.95. The van der Waals surface area contributed by atoms with E-state index >= 15 is 0 Å². The van der Waals surface area contributed by atoms with Gasteiger partial charge in [0, 0.05) is 23.4 Å². The summed E-state index contributed by atoms with van der Waals surface area (Å²) in [6.45, 7) is 0. The maximum absolute atomic E-state index is 9.20. The van der Waals surface area contributed by atoms with Crippen molar-refractivity contribution in [1.82, 2.24) is 4.98 Å². The van der Waals surface area contributed by atoms with Crippen molar-refractivity contribution in [3.63, 3.8) is 0 Å². The summed E-state index contributed by atoms with van der Waals surface area (Å²) in [6, 6.07) is 17.0. The Morgan fingerprint density at radius 2 is 1.66 bits per heavy atom. The van der Waals surface area contributed by atoms with E-state index in [-0.39, 0.29) is 0 Å². The molecule has 0 unspecified atom stereocenters. The van der Waals surface area contributed by atoms with Gasteiger partial charge in [0.25, 0.3) is 0 Å². The van der Waals surface area contributed by atoms with Gasteiger partial charge in [0.2, 0.25) is 5.75 Å². The van der Waals surface area contributed by atoms with Crippen LogP contribution in [0.3, 0.4) is 0 Å². The minimum absolute atomic E-state index is 0.516. The first-order chi connectivity index (χ1) is 14.2. The Labute approximate surface area is 167 Å². The first-order valence-corrected chi connectivity index (χ1v) is 8.88. The molecule has 0 saturated carbocycles. The predicted octanol–water partition coefficient (Wildman–Crippen LogP) is 5.06. The van der Waals surface area contributed by atoms with E-state index in [1.165, 1.54) is 0 Å². The van der Waals surface area contributed by atoms with Crippen LogP contribution in [0.15, 0.2) is 59.1 Å². The van der Waals surface area contributed by atoms with Gasteiger partial charge in [0.05, 0.1) is 33.0 Å². The van der Waals surface area contributed by atoms with Crippen molar-refractivity contribution in [2.45, 2.75) is 0 Å². The van der Waals surface area contributed by atoms with Crippen LogP contribution in [0.2, 0.25) is 0 Å². The van der Waals surface area contributed by atoms with Gasteiger partial charge in [0.15, 0.2) is 17.1 Å². The Bertz CT molecular complexity index is 1210. The molecule has 0 aliphatic carbocycles. The molecular formula is C23H18N2O4. The number of hydrogen-bond donors (Lipinski definition) is 0. The van der Waals surface area contributed by atoms with Gasteiger partial charge in [-0.1, -0.05) is 12.1 Å². The summed E-state index contributed by atoms with van der Waals surface area (Å²) in [5.74, 6) is 2.21. The molecule has 4 rings (SSSR count). The highest BCUT2D eigenvalue weighted by Crippen LogP contribution is 2.42. The molecule has 0 radical (unpaired) electrons. The van der Waals surface area contributed by atoms with Crippen LogP contribution in [-0.2, 0) is 0 Å². The molecule has 0 aliphatic heterocycles. The van der Waals surface area contributed by atoms with Crippen LogP contribution >= 0.6 is 0 Å². The van der Waals surface area contributed by atoms with E-state index in [9.17, 15) is 5.26 Å². The molecule has 0 aliphatic rings. The number of furan rings is 1. The maximum Gasteiger partial charge on any atom is 0.203 e. The van der Waals surface area contributed by atoms with Crippen molar-refractivity contribution in [1.29, 1.82) is 5.26 Å². The number of pyridine rings is 1. The van der Waals surface area contributed by atoms with E-state index in [2.05, 4.69) is 11.1 Å². The standard InChI is InChI=1S/C23H18N2O4/c1-26-20-10-16(11-21(27-2)23(20)28-3)19-12-18-22(29-19)17(7-8-25-18)15-6-4-5-14(9-15)13-24/h4-12H,1-3H3. The van der Waals surface area contributed by atoms with Gasteiger partial charge < -0.3 is 18.6 Å². The average molecular weight is 386 g/mol. The molecule has 144 valence electrons. The number of rotatable bonds is 5. The van der Waals surface area contributed by atoms with Crippen LogP contribution in [0.25, 0.3) is 33.6 Å². The third-order valence-electron chi connectivity index (χ3n) is 4.66. The highest BCUT2D eigenvalue weighted by Gasteiger charge is 2.18. The van der Waals surface area contributed by atoms with Gasteiger partial charge in [-0.2, -0.15) is 5.26 Å². The normalized spacial score (nSPS) is 10.6. The lowest BCUT2D eigenvalue weighted by Gasteiger charge is -2.13. The summed E-state index contributed by atoms with van der Waals surface area (Å²) in [5.41, 5.74) is 4.48. The largest absolute Gasteiger partial charge is 0.493 e. The second-order valence-corrected chi connectivity index (χ2v) is 6.29. The van der Waals surface area contributed by atoms with Crippen molar-refractivity contribution in [2.75, 3.05) is 21.3 Å². The monoisotopic (exact) mass is 386 g/mol. The number of nitriles is 1. The Balaban J connectivity index is 1.88. The van der Waals surface area contributed by atoms with E-state index < -0.39 is 0 Å². The molecule has 0 bridgehead atoms. The molecule has 6 heteroatoms. The van der Waals surface area contributed by atoms with E-state index in [0.29, 0.717) is 39.7 Å². The molecule has 2 aromatic carbocycles. The zero-order valence-corrected chi connectivity index (χ0v) is 16.2. The summed E-state index contributed by atoms with van der Waals surface area (Å²) < 4.78 is 22.5. The molecule has 4 aromatic rings. The fourth-order valence-corrected chi connectivity index (χ4v) is 3.29. The third kappa shape index (κ3) is 3.23. The predicted molar refractivity (Wildman–Crippen MR) is 109 cm³/mol. The number of methoxy groups -OCH3 is 3. The number of nitrogens with zero attached hydrogens (tertiary/aromatic N) is 2. The maximum atomic E-state index is 9.20. The molecule has 0 N–H and O–H groups in total. The molecule has 0 atom stereocenters. The Hall–Kier alpha value is -3.98. The highest BCUT2D eigenvalue weighted by atomic mass is 16.5. The number of fused-ring (bicyclic) bond motifs is 1. The number of ether oxygens (including phenoxy) is 3. The summed E-state index contributed by atoms with van der Waals surface area (Å²) in [6.07, 6.45) is 1.73. The lowest BCUT2D eigenvalue weighted by atomic mass is 10.0. The van der Waals surface area contributed by atoms with Gasteiger partial charge in [-0.15, -0.1) is 0 Å². The third-order valence-corrected chi connectivity index (χ3v) is 4.66. The fourth-order valence-electron chi connectivity index (χ4n) is 3.29. The van der Waals surface area contributed by atoms with Crippen molar-refractivity contribution >= 4 is 11.1 Å². The highest BCUT2D eigenvalue weighted by molar-refractivity contribution is 5.92. The van der Waals surface area contributed by atoms with Crippen LogP contribution < -0.4 is 14.2 Å². The Morgan fingerprint density at radius 3 is 2.31 bits per heavy atom. The Kier molecular flexibility index (Phi) is 4.80. The molecule has 0 saturated heterocycles. The van der Waals surface area contributed by atoms with Crippen LogP contribution in [0.1, 0.15) is 5.56 Å². The van der Waals surface area contributed by atoms with Crippen molar-refractivity contribution in [2.24, 2.45) is 0 Å². The SMILES string of the molecule is COc1cc(-c2cc3nccc(-c4cccc(C#N)c4)c3o2)cc(OC)c1OC. The Morgan fingerprint density at radius 1 is 0.897 bits per heavy atom. The van der Waals surface area contributed by atoms with Crippen LogP contribution in [0, 0.1) is 11.3 Å². The number of hydrogen-bond acceptors (Lipinski definition) is 6. The fraction of sp³-hybridized carbons (Fsp3) is 0.130. The van der Waals surface area contributed by atoms with Crippen LogP contribution in [0.4, 0.5) is 0 Å². The second kappa shape index (κ2) is 7.56. The minimum atomic E-state index is 0.516. The van der Waals surface area contributed by atoms with Crippen LogP contribution in [-0.4, -0.2) is 26.3 Å². The molecule has 29 heavy (non-hydrogen) atoms.